The summed E-state index contributed by atoms with van der Waals surface area (Å²) in [6.45, 7) is 0. The first-order valence-corrected chi connectivity index (χ1v) is 3.91. The van der Waals surface area contributed by atoms with Crippen LogP contribution < -0.4 is 10.6 Å². The molecule has 0 aliphatic carbocycles. The Hall–Kier alpha value is 0.150. The fraction of sp³-hybridized carbons (Fsp3) is 0.333. The summed E-state index contributed by atoms with van der Waals surface area (Å²) in [5.74, 6) is -0.367. The Morgan fingerprint density at radius 2 is 2.11 bits per heavy atom. The van der Waals surface area contributed by atoms with Gasteiger partial charge in [0.25, 0.3) is 5.91 Å². The van der Waals surface area contributed by atoms with Crippen molar-refractivity contribution in [1.29, 1.82) is 0 Å². The average Bonchev–Trinajstić information content (AvgIpc) is 1.79. The van der Waals surface area contributed by atoms with Crippen LogP contribution in [0.4, 0.5) is 4.79 Å². The molecule has 50 valence electrons. The van der Waals surface area contributed by atoms with Crippen molar-refractivity contribution in [3.05, 3.63) is 0 Å². The van der Waals surface area contributed by atoms with E-state index in [1.54, 1.807) is 22.6 Å². The number of nitrogens with one attached hydrogen (secondary N) is 2. The van der Waals surface area contributed by atoms with Crippen LogP contribution in [0, 0.1) is 0 Å². The second kappa shape index (κ2) is 2.08. The lowest BCUT2D eigenvalue weighted by Crippen LogP contribution is -2.32. The van der Waals surface area contributed by atoms with Crippen molar-refractivity contribution in [1.82, 2.24) is 10.6 Å². The van der Waals surface area contributed by atoms with Crippen LogP contribution in [0.5, 0.6) is 0 Å². The smallest absolute Gasteiger partial charge is 0.306 e. The van der Waals surface area contributed by atoms with Gasteiger partial charge in [0.05, 0.1) is 0 Å². The van der Waals surface area contributed by atoms with Gasteiger partial charge in [-0.3, -0.25) is 10.1 Å². The van der Waals surface area contributed by atoms with Gasteiger partial charge in [0.1, 0.15) is 0 Å². The van der Waals surface area contributed by atoms with Crippen LogP contribution in [-0.4, -0.2) is 14.4 Å². The van der Waals surface area contributed by atoms with E-state index in [2.05, 4.69) is 26.6 Å². The SMILES string of the molecule is O=C1NC(=O)C(Br)(I)N1. The number of hydrogen-bond donors (Lipinski definition) is 2. The van der Waals surface area contributed by atoms with Crippen LogP contribution in [0.15, 0.2) is 0 Å². The third-order valence-electron chi connectivity index (χ3n) is 0.783. The molecule has 1 aliphatic rings. The molecule has 0 saturated carbocycles. The Morgan fingerprint density at radius 1 is 1.56 bits per heavy atom. The van der Waals surface area contributed by atoms with Crippen molar-refractivity contribution in [2.45, 2.75) is 2.45 Å². The van der Waals surface area contributed by atoms with E-state index in [9.17, 15) is 9.59 Å². The molecule has 1 unspecified atom stereocenters. The molecule has 2 N–H and O–H groups in total. The highest BCUT2D eigenvalue weighted by molar-refractivity contribution is 14.1. The number of alkyl halides is 2. The summed E-state index contributed by atoms with van der Waals surface area (Å²) >= 11 is 4.77. The molecule has 1 saturated heterocycles. The fourth-order valence-corrected chi connectivity index (χ4v) is 1.07. The van der Waals surface area contributed by atoms with E-state index >= 15 is 0 Å². The average molecular weight is 305 g/mol. The molecule has 0 radical (unpaired) electrons. The Kier molecular flexibility index (Phi) is 1.68. The first kappa shape index (κ1) is 7.26. The molecule has 0 spiro atoms. The Labute approximate surface area is 73.0 Å². The minimum atomic E-state index is -0.943. The van der Waals surface area contributed by atoms with Gasteiger partial charge in [0.2, 0.25) is 2.45 Å². The normalized spacial score (nSPS) is 34.0. The maximum absolute atomic E-state index is 10.7. The molecule has 1 aliphatic heterocycles. The number of urea groups is 1. The molecule has 3 amide bonds. The van der Waals surface area contributed by atoms with Crippen LogP contribution in [0.2, 0.25) is 0 Å². The summed E-state index contributed by atoms with van der Waals surface area (Å²) in [7, 11) is 0. The molecule has 1 atom stereocenters. The van der Waals surface area contributed by atoms with Gasteiger partial charge in [0.15, 0.2) is 0 Å². The Bertz CT molecular complexity index is 181. The molecule has 9 heavy (non-hydrogen) atoms. The summed E-state index contributed by atoms with van der Waals surface area (Å²) in [6, 6.07) is -0.466. The largest absolute Gasteiger partial charge is 0.323 e. The Morgan fingerprint density at radius 3 is 2.22 bits per heavy atom. The molecule has 6 heteroatoms. The second-order valence-corrected chi connectivity index (χ2v) is 5.77. The molecule has 1 heterocycles. The van der Waals surface area contributed by atoms with Crippen molar-refractivity contribution in [2.24, 2.45) is 0 Å². The van der Waals surface area contributed by atoms with E-state index in [1.165, 1.54) is 0 Å². The molecular weight excluding hydrogens is 303 g/mol. The second-order valence-electron chi connectivity index (χ2n) is 1.48. The minimum Gasteiger partial charge on any atom is -0.306 e. The lowest BCUT2D eigenvalue weighted by Gasteiger charge is -2.05. The molecule has 4 nitrogen and oxygen atoms in total. The predicted octanol–water partition coefficient (Wildman–Crippen LogP) is 0.309. The van der Waals surface area contributed by atoms with Gasteiger partial charge in [0, 0.05) is 0 Å². The maximum atomic E-state index is 10.7. The quantitative estimate of drug-likeness (QED) is 0.293. The van der Waals surface area contributed by atoms with Crippen LogP contribution in [0.3, 0.4) is 0 Å². The van der Waals surface area contributed by atoms with Crippen LogP contribution in [0.25, 0.3) is 0 Å². The van der Waals surface area contributed by atoms with Gasteiger partial charge in [-0.05, 0) is 38.5 Å². The number of amides is 3. The summed E-state index contributed by atoms with van der Waals surface area (Å²) in [6.07, 6.45) is 0. The molecule has 1 rings (SSSR count). The number of rotatable bonds is 0. The summed E-state index contributed by atoms with van der Waals surface area (Å²) < 4.78 is -0.943. The molecule has 0 aromatic heterocycles. The van der Waals surface area contributed by atoms with Gasteiger partial charge < -0.3 is 5.32 Å². The number of hydrogen-bond acceptors (Lipinski definition) is 2. The van der Waals surface area contributed by atoms with Gasteiger partial charge in [-0.15, -0.1) is 0 Å². The molecular formula is C3H2BrIN2O2. The van der Waals surface area contributed by atoms with Gasteiger partial charge in [-0.1, -0.05) is 0 Å². The maximum Gasteiger partial charge on any atom is 0.323 e. The lowest BCUT2D eigenvalue weighted by atomic mass is 10.7. The van der Waals surface area contributed by atoms with Crippen LogP contribution in [0.1, 0.15) is 0 Å². The standard InChI is InChI=1S/C3H2BrIN2O2/c4-3(5)1(8)6-2(9)7-3/h(H2,6,7,8,9). The van der Waals surface area contributed by atoms with Crippen molar-refractivity contribution in [3.8, 4) is 0 Å². The Balaban J connectivity index is 2.81. The highest BCUT2D eigenvalue weighted by Gasteiger charge is 2.41. The van der Waals surface area contributed by atoms with Crippen molar-refractivity contribution >= 4 is 50.5 Å². The minimum absolute atomic E-state index is 0.367. The zero-order valence-corrected chi connectivity index (χ0v) is 7.82. The van der Waals surface area contributed by atoms with E-state index in [4.69, 9.17) is 0 Å². The number of halogens is 2. The van der Waals surface area contributed by atoms with Gasteiger partial charge >= 0.3 is 6.03 Å². The predicted molar refractivity (Wildman–Crippen MR) is 42.4 cm³/mol. The van der Waals surface area contributed by atoms with E-state index < -0.39 is 8.49 Å². The highest BCUT2D eigenvalue weighted by atomic mass is 127. The van der Waals surface area contributed by atoms with E-state index in [-0.39, 0.29) is 5.91 Å². The summed E-state index contributed by atoms with van der Waals surface area (Å²) in [5, 5.41) is 4.41. The topological polar surface area (TPSA) is 58.2 Å². The number of carbonyl (C=O) groups excluding carboxylic acids is 2. The molecule has 0 bridgehead atoms. The number of imide groups is 1. The van der Waals surface area contributed by atoms with E-state index in [1.807, 2.05) is 0 Å². The lowest BCUT2D eigenvalue weighted by molar-refractivity contribution is -0.118. The van der Waals surface area contributed by atoms with Crippen molar-refractivity contribution in [3.63, 3.8) is 0 Å². The van der Waals surface area contributed by atoms with E-state index in [0.717, 1.165) is 0 Å². The monoisotopic (exact) mass is 304 g/mol. The van der Waals surface area contributed by atoms with Gasteiger partial charge in [-0.2, -0.15) is 0 Å². The van der Waals surface area contributed by atoms with Crippen molar-refractivity contribution in [2.75, 3.05) is 0 Å². The van der Waals surface area contributed by atoms with Gasteiger partial charge in [-0.25, -0.2) is 4.79 Å². The summed E-state index contributed by atoms with van der Waals surface area (Å²) in [4.78, 5) is 21.0. The van der Waals surface area contributed by atoms with Crippen molar-refractivity contribution < 1.29 is 9.59 Å². The first-order chi connectivity index (χ1) is 4.02. The third-order valence-corrected chi connectivity index (χ3v) is 2.10. The number of carbonyl (C=O) groups is 2. The fourth-order valence-electron chi connectivity index (χ4n) is 0.412. The zero-order chi connectivity index (χ0) is 7.07. The summed E-state index contributed by atoms with van der Waals surface area (Å²) in [5.41, 5.74) is 0. The first-order valence-electron chi connectivity index (χ1n) is 2.04. The molecule has 1 fully saturated rings. The highest BCUT2D eigenvalue weighted by Crippen LogP contribution is 2.25. The van der Waals surface area contributed by atoms with Crippen LogP contribution in [-0.2, 0) is 4.79 Å². The molecule has 0 aromatic carbocycles. The third kappa shape index (κ3) is 1.34. The molecule has 0 aromatic rings. The van der Waals surface area contributed by atoms with E-state index in [0.29, 0.717) is 0 Å². The van der Waals surface area contributed by atoms with Crippen LogP contribution >= 0.6 is 38.5 Å². The zero-order valence-electron chi connectivity index (χ0n) is 4.07.